The minimum absolute atomic E-state index is 0. The summed E-state index contributed by atoms with van der Waals surface area (Å²) in [5.41, 5.74) is -0.505. The van der Waals surface area contributed by atoms with Crippen LogP contribution in [0.25, 0.3) is 0 Å². The number of hydrogen-bond acceptors (Lipinski definition) is 4. The number of piperazine rings is 2. The molecule has 0 radical (unpaired) electrons. The molecule has 0 unspecified atom stereocenters. The van der Waals surface area contributed by atoms with E-state index in [0.29, 0.717) is 44.7 Å². The predicted octanol–water partition coefficient (Wildman–Crippen LogP) is 7.93. The minimum atomic E-state index is -5.03. The lowest BCUT2D eigenvalue weighted by molar-refractivity contribution is -0.143. The molecular formula is C36H47Cl3F6N4O. The molecule has 1 saturated carbocycles. The molecule has 2 aromatic rings. The van der Waals surface area contributed by atoms with E-state index in [1.54, 1.807) is 0 Å². The normalized spacial score (nSPS) is 19.8. The fourth-order valence-corrected chi connectivity index (χ4v) is 7.02. The number of carbonyl (C=O) groups is 1. The highest BCUT2D eigenvalue weighted by atomic mass is 35.5. The Morgan fingerprint density at radius 1 is 0.720 bits per heavy atom. The summed E-state index contributed by atoms with van der Waals surface area (Å²) < 4.78 is 81.4. The van der Waals surface area contributed by atoms with Gasteiger partial charge in [0.25, 0.3) is 5.91 Å². The summed E-state index contributed by atoms with van der Waals surface area (Å²) in [6, 6.07) is 7.29. The summed E-state index contributed by atoms with van der Waals surface area (Å²) in [5.74, 6) is 5.73. The van der Waals surface area contributed by atoms with E-state index in [1.807, 2.05) is 32.0 Å². The SMILES string of the molecule is Cc1ccc(C[C@@H]2CN(CC#CCN3CCN(C4CCCCC4)CC3)CCN2C(=O)c2cc(C(F)(F)F)cc(C(F)(F)F)c2)cc1C.Cl.Cl.Cl. The lowest BCUT2D eigenvalue weighted by Gasteiger charge is -2.41. The van der Waals surface area contributed by atoms with Crippen molar-refractivity contribution in [2.45, 2.75) is 76.8 Å². The summed E-state index contributed by atoms with van der Waals surface area (Å²) in [6.07, 6.45) is -3.04. The topological polar surface area (TPSA) is 30.0 Å². The van der Waals surface area contributed by atoms with Gasteiger partial charge in [-0.15, -0.1) is 37.2 Å². The number of amides is 1. The highest BCUT2D eigenvalue weighted by molar-refractivity contribution is 5.95. The summed E-state index contributed by atoms with van der Waals surface area (Å²) in [7, 11) is 0. The first kappa shape index (κ1) is 44.0. The van der Waals surface area contributed by atoms with Crippen molar-refractivity contribution in [3.8, 4) is 11.8 Å². The average molecular weight is 772 g/mol. The number of benzene rings is 2. The van der Waals surface area contributed by atoms with E-state index in [0.717, 1.165) is 48.9 Å². The maximum Gasteiger partial charge on any atom is 0.416 e. The third-order valence-electron chi connectivity index (χ3n) is 9.93. The van der Waals surface area contributed by atoms with Gasteiger partial charge in [-0.2, -0.15) is 26.3 Å². The van der Waals surface area contributed by atoms with Crippen molar-refractivity contribution in [2.75, 3.05) is 58.9 Å². The molecule has 0 N–H and O–H groups in total. The average Bonchev–Trinajstić information content (AvgIpc) is 3.04. The number of halogens is 9. The Morgan fingerprint density at radius 3 is 1.84 bits per heavy atom. The number of nitrogens with zero attached hydrogens (tertiary/aromatic N) is 4. The Bertz CT molecular complexity index is 1430. The Balaban J connectivity index is 0.00000289. The molecule has 50 heavy (non-hydrogen) atoms. The largest absolute Gasteiger partial charge is 0.416 e. The standard InChI is InChI=1S/C36H44F6N4O.3ClH/c1-26-10-11-28(20-27(26)2)21-33-25-44(13-7-6-12-43-14-17-45(18-15-43)32-8-4-3-5-9-32)16-19-46(33)34(47)29-22-30(35(37,38)39)24-31(23-29)36(40,41)42;;;/h10-11,20,22-24,32-33H,3-5,8-9,12-19,21,25H2,1-2H3;3*1H/t33-;;;/m1.../s1. The van der Waals surface area contributed by atoms with Crippen molar-refractivity contribution >= 4 is 43.1 Å². The third-order valence-corrected chi connectivity index (χ3v) is 9.93. The van der Waals surface area contributed by atoms with Crippen LogP contribution in [-0.2, 0) is 18.8 Å². The molecule has 1 aliphatic carbocycles. The monoisotopic (exact) mass is 770 g/mol. The van der Waals surface area contributed by atoms with Crippen molar-refractivity contribution in [3.63, 3.8) is 0 Å². The highest BCUT2D eigenvalue weighted by Crippen LogP contribution is 2.37. The molecule has 1 amide bonds. The molecule has 3 fully saturated rings. The Labute approximate surface area is 310 Å². The molecule has 0 aromatic heterocycles. The second-order valence-corrected chi connectivity index (χ2v) is 13.3. The lowest BCUT2D eigenvalue weighted by atomic mass is 9.94. The first-order chi connectivity index (χ1) is 22.3. The fourth-order valence-electron chi connectivity index (χ4n) is 7.02. The van der Waals surface area contributed by atoms with Crippen LogP contribution < -0.4 is 0 Å². The predicted molar refractivity (Wildman–Crippen MR) is 192 cm³/mol. The number of alkyl halides is 6. The maximum atomic E-state index is 13.7. The van der Waals surface area contributed by atoms with E-state index in [1.165, 1.54) is 37.0 Å². The van der Waals surface area contributed by atoms with E-state index >= 15 is 0 Å². The summed E-state index contributed by atoms with van der Waals surface area (Å²) >= 11 is 0. The highest BCUT2D eigenvalue weighted by Gasteiger charge is 2.39. The molecule has 0 bridgehead atoms. The van der Waals surface area contributed by atoms with E-state index in [-0.39, 0.29) is 49.8 Å². The van der Waals surface area contributed by atoms with Gasteiger partial charge in [-0.1, -0.05) is 49.3 Å². The maximum absolute atomic E-state index is 13.7. The number of rotatable bonds is 6. The molecule has 5 rings (SSSR count). The summed E-state index contributed by atoms with van der Waals surface area (Å²) in [5, 5.41) is 0. The number of hydrogen-bond donors (Lipinski definition) is 0. The summed E-state index contributed by atoms with van der Waals surface area (Å²) in [4.78, 5) is 22.2. The van der Waals surface area contributed by atoms with Crippen molar-refractivity contribution in [2.24, 2.45) is 0 Å². The van der Waals surface area contributed by atoms with Gasteiger partial charge >= 0.3 is 12.4 Å². The molecule has 5 nitrogen and oxygen atoms in total. The van der Waals surface area contributed by atoms with Gasteiger partial charge in [-0.25, -0.2) is 0 Å². The van der Waals surface area contributed by atoms with Crippen LogP contribution in [-0.4, -0.2) is 96.5 Å². The lowest BCUT2D eigenvalue weighted by Crippen LogP contribution is -2.56. The van der Waals surface area contributed by atoms with Crippen LogP contribution in [0.5, 0.6) is 0 Å². The number of carbonyl (C=O) groups excluding carboxylic acids is 1. The molecule has 2 heterocycles. The van der Waals surface area contributed by atoms with Crippen molar-refractivity contribution < 1.29 is 31.1 Å². The van der Waals surface area contributed by atoms with Crippen LogP contribution in [0.15, 0.2) is 36.4 Å². The first-order valence-electron chi connectivity index (χ1n) is 16.6. The Hall–Kier alpha value is -2.20. The van der Waals surface area contributed by atoms with Gasteiger partial charge in [0, 0.05) is 63.5 Å². The van der Waals surface area contributed by atoms with E-state index in [4.69, 9.17) is 0 Å². The molecule has 2 aromatic carbocycles. The zero-order valence-corrected chi connectivity index (χ0v) is 30.9. The molecule has 3 aliphatic rings. The molecule has 0 spiro atoms. The third kappa shape index (κ3) is 11.7. The van der Waals surface area contributed by atoms with Crippen LogP contribution in [0.2, 0.25) is 0 Å². The first-order valence-corrected chi connectivity index (χ1v) is 16.6. The van der Waals surface area contributed by atoms with Crippen molar-refractivity contribution in [1.82, 2.24) is 19.6 Å². The summed E-state index contributed by atoms with van der Waals surface area (Å²) in [6.45, 7) is 10.2. The second-order valence-electron chi connectivity index (χ2n) is 13.3. The molecule has 1 atom stereocenters. The van der Waals surface area contributed by atoms with Crippen LogP contribution in [0, 0.1) is 25.7 Å². The van der Waals surface area contributed by atoms with E-state index in [2.05, 4.69) is 26.5 Å². The van der Waals surface area contributed by atoms with Gasteiger partial charge in [0.2, 0.25) is 0 Å². The quantitative estimate of drug-likeness (QED) is 0.221. The van der Waals surface area contributed by atoms with Gasteiger partial charge in [0.15, 0.2) is 0 Å². The molecule has 2 aliphatic heterocycles. The van der Waals surface area contributed by atoms with Crippen LogP contribution >= 0.6 is 37.2 Å². The van der Waals surface area contributed by atoms with E-state index in [9.17, 15) is 31.1 Å². The van der Waals surface area contributed by atoms with Crippen molar-refractivity contribution in [1.29, 1.82) is 0 Å². The van der Waals surface area contributed by atoms with Gasteiger partial charge in [-0.05, 0) is 68.0 Å². The Kier molecular flexibility index (Phi) is 16.7. The Morgan fingerprint density at radius 2 is 1.28 bits per heavy atom. The molecule has 280 valence electrons. The van der Waals surface area contributed by atoms with Crippen LogP contribution in [0.4, 0.5) is 26.3 Å². The number of aryl methyl sites for hydroxylation is 2. The molecule has 14 heteroatoms. The minimum Gasteiger partial charge on any atom is -0.333 e. The zero-order valence-electron chi connectivity index (χ0n) is 28.4. The zero-order chi connectivity index (χ0) is 33.8. The van der Waals surface area contributed by atoms with Crippen molar-refractivity contribution in [3.05, 3.63) is 69.8 Å². The smallest absolute Gasteiger partial charge is 0.333 e. The molecular weight excluding hydrogens is 725 g/mol. The van der Waals surface area contributed by atoms with E-state index < -0.39 is 41.0 Å². The molecule has 2 saturated heterocycles. The van der Waals surface area contributed by atoms with Gasteiger partial charge < -0.3 is 4.90 Å². The second kappa shape index (κ2) is 19.0. The van der Waals surface area contributed by atoms with Gasteiger partial charge in [-0.3, -0.25) is 19.5 Å². The van der Waals surface area contributed by atoms with Crippen LogP contribution in [0.1, 0.15) is 70.3 Å². The van der Waals surface area contributed by atoms with Gasteiger partial charge in [0.1, 0.15) is 0 Å². The van der Waals surface area contributed by atoms with Crippen LogP contribution in [0.3, 0.4) is 0 Å². The van der Waals surface area contributed by atoms with Gasteiger partial charge in [0.05, 0.1) is 24.2 Å². The fraction of sp³-hybridized carbons (Fsp3) is 0.583.